The summed E-state index contributed by atoms with van der Waals surface area (Å²) in [4.78, 5) is 0. The van der Waals surface area contributed by atoms with Crippen molar-refractivity contribution in [2.45, 2.75) is 77.7 Å². The molecular weight excluding hydrogens is 196 g/mol. The molecule has 0 heterocycles. The van der Waals surface area contributed by atoms with Gasteiger partial charge in [0.05, 0.1) is 6.10 Å². The summed E-state index contributed by atoms with van der Waals surface area (Å²) >= 11 is 0. The normalized spacial score (nSPS) is 23.7. The van der Waals surface area contributed by atoms with Crippen LogP contribution in [0.5, 0.6) is 0 Å². The van der Waals surface area contributed by atoms with Gasteiger partial charge in [0.25, 0.3) is 0 Å². The summed E-state index contributed by atoms with van der Waals surface area (Å²) in [6, 6.07) is 0. The summed E-state index contributed by atoms with van der Waals surface area (Å²) in [5.41, 5.74) is 1.52. The molecule has 94 valence electrons. The average Bonchev–Trinajstić information content (AvgIpc) is 2.48. The molecule has 16 heavy (non-hydrogen) atoms. The van der Waals surface area contributed by atoms with Gasteiger partial charge in [-0.2, -0.15) is 0 Å². The molecule has 1 aliphatic carbocycles. The molecule has 0 saturated heterocycles. The number of aliphatic hydroxyl groups is 1. The van der Waals surface area contributed by atoms with Gasteiger partial charge in [-0.05, 0) is 31.6 Å². The number of aliphatic hydroxyl groups excluding tert-OH is 1. The molecule has 0 radical (unpaired) electrons. The van der Waals surface area contributed by atoms with Gasteiger partial charge in [-0.3, -0.25) is 0 Å². The molecule has 0 saturated carbocycles. The number of allylic oxidation sites excluding steroid dienone is 1. The van der Waals surface area contributed by atoms with Crippen LogP contribution in [0.2, 0.25) is 0 Å². The summed E-state index contributed by atoms with van der Waals surface area (Å²) in [5.74, 6) is 0.844. The highest BCUT2D eigenvalue weighted by Crippen LogP contribution is 2.27. The Bertz CT molecular complexity index is 207. The van der Waals surface area contributed by atoms with E-state index in [1.807, 2.05) is 0 Å². The van der Waals surface area contributed by atoms with Gasteiger partial charge < -0.3 is 5.11 Å². The molecule has 0 aromatic rings. The van der Waals surface area contributed by atoms with Crippen LogP contribution >= 0.6 is 0 Å². The van der Waals surface area contributed by atoms with E-state index in [4.69, 9.17) is 0 Å². The van der Waals surface area contributed by atoms with Crippen LogP contribution in [0.25, 0.3) is 0 Å². The lowest BCUT2D eigenvalue weighted by molar-refractivity contribution is 0.210. The monoisotopic (exact) mass is 224 g/mol. The molecule has 2 atom stereocenters. The van der Waals surface area contributed by atoms with Crippen molar-refractivity contribution in [1.82, 2.24) is 0 Å². The van der Waals surface area contributed by atoms with Crippen molar-refractivity contribution in [3.63, 3.8) is 0 Å². The molecule has 1 rings (SSSR count). The molecule has 0 bridgehead atoms. The summed E-state index contributed by atoms with van der Waals surface area (Å²) in [7, 11) is 0. The molecule has 2 unspecified atom stereocenters. The Morgan fingerprint density at radius 2 is 2.19 bits per heavy atom. The maximum atomic E-state index is 9.74. The molecule has 1 N–H and O–H groups in total. The SMILES string of the molecule is CCCCC(CC)CC1=CC(O)CCCC1. The van der Waals surface area contributed by atoms with Crippen LogP contribution in [-0.4, -0.2) is 11.2 Å². The van der Waals surface area contributed by atoms with Crippen LogP contribution < -0.4 is 0 Å². The summed E-state index contributed by atoms with van der Waals surface area (Å²) in [5, 5.41) is 9.74. The highest BCUT2D eigenvalue weighted by molar-refractivity contribution is 5.07. The third-order valence-electron chi connectivity index (χ3n) is 3.77. The van der Waals surface area contributed by atoms with Crippen molar-refractivity contribution in [2.75, 3.05) is 0 Å². The van der Waals surface area contributed by atoms with E-state index in [1.54, 1.807) is 0 Å². The third kappa shape index (κ3) is 5.16. The summed E-state index contributed by atoms with van der Waals surface area (Å²) < 4.78 is 0. The lowest BCUT2D eigenvalue weighted by atomic mass is 9.90. The molecule has 1 nitrogen and oxygen atoms in total. The first-order valence-electron chi connectivity index (χ1n) is 7.13. The van der Waals surface area contributed by atoms with E-state index in [1.165, 1.54) is 56.9 Å². The van der Waals surface area contributed by atoms with Gasteiger partial charge >= 0.3 is 0 Å². The fourth-order valence-electron chi connectivity index (χ4n) is 2.63. The first-order chi connectivity index (χ1) is 7.76. The minimum Gasteiger partial charge on any atom is -0.389 e. The second-order valence-corrected chi connectivity index (χ2v) is 5.26. The third-order valence-corrected chi connectivity index (χ3v) is 3.77. The Balaban J connectivity index is 2.42. The smallest absolute Gasteiger partial charge is 0.0723 e. The number of hydrogen-bond donors (Lipinski definition) is 1. The van der Waals surface area contributed by atoms with E-state index in [0.29, 0.717) is 0 Å². The zero-order chi connectivity index (χ0) is 11.8. The minimum atomic E-state index is -0.166. The molecule has 0 spiro atoms. The predicted octanol–water partition coefficient (Wildman–Crippen LogP) is 4.45. The zero-order valence-corrected chi connectivity index (χ0v) is 11.0. The molecule has 0 fully saturated rings. The van der Waals surface area contributed by atoms with Gasteiger partial charge in [0.1, 0.15) is 0 Å². The lowest BCUT2D eigenvalue weighted by Crippen LogP contribution is -2.04. The molecule has 0 aromatic carbocycles. The first-order valence-corrected chi connectivity index (χ1v) is 7.13. The Hall–Kier alpha value is -0.300. The Morgan fingerprint density at radius 1 is 1.38 bits per heavy atom. The standard InChI is InChI=1S/C15H28O/c1-3-5-8-13(4-2)11-14-9-6-7-10-15(16)12-14/h12-13,15-16H,3-11H2,1-2H3. The van der Waals surface area contributed by atoms with Gasteiger partial charge in [-0.1, -0.05) is 57.6 Å². The van der Waals surface area contributed by atoms with E-state index in [2.05, 4.69) is 19.9 Å². The fourth-order valence-corrected chi connectivity index (χ4v) is 2.63. The van der Waals surface area contributed by atoms with Crippen molar-refractivity contribution < 1.29 is 5.11 Å². The van der Waals surface area contributed by atoms with Gasteiger partial charge in [0, 0.05) is 0 Å². The van der Waals surface area contributed by atoms with Gasteiger partial charge in [-0.25, -0.2) is 0 Å². The van der Waals surface area contributed by atoms with E-state index < -0.39 is 0 Å². The summed E-state index contributed by atoms with van der Waals surface area (Å²) in [6.45, 7) is 4.56. The van der Waals surface area contributed by atoms with Crippen LogP contribution in [0, 0.1) is 5.92 Å². The van der Waals surface area contributed by atoms with Crippen molar-refractivity contribution in [3.8, 4) is 0 Å². The molecule has 0 amide bonds. The van der Waals surface area contributed by atoms with Crippen molar-refractivity contribution >= 4 is 0 Å². The average molecular weight is 224 g/mol. The quantitative estimate of drug-likeness (QED) is 0.661. The minimum absolute atomic E-state index is 0.166. The van der Waals surface area contributed by atoms with E-state index >= 15 is 0 Å². The topological polar surface area (TPSA) is 20.2 Å². The Kier molecular flexibility index (Phi) is 6.79. The number of rotatable bonds is 6. The second kappa shape index (κ2) is 7.89. The largest absolute Gasteiger partial charge is 0.389 e. The van der Waals surface area contributed by atoms with Crippen molar-refractivity contribution in [2.24, 2.45) is 5.92 Å². The zero-order valence-electron chi connectivity index (χ0n) is 11.0. The highest BCUT2D eigenvalue weighted by Gasteiger charge is 2.13. The molecular formula is C15H28O. The molecule has 0 aromatic heterocycles. The molecule has 0 aliphatic heterocycles. The van der Waals surface area contributed by atoms with Crippen LogP contribution in [-0.2, 0) is 0 Å². The fraction of sp³-hybridized carbons (Fsp3) is 0.867. The maximum absolute atomic E-state index is 9.74. The number of unbranched alkanes of at least 4 members (excludes halogenated alkanes) is 1. The predicted molar refractivity (Wildman–Crippen MR) is 70.5 cm³/mol. The van der Waals surface area contributed by atoms with Crippen LogP contribution in [0.4, 0.5) is 0 Å². The second-order valence-electron chi connectivity index (χ2n) is 5.26. The van der Waals surface area contributed by atoms with Crippen molar-refractivity contribution in [1.29, 1.82) is 0 Å². The van der Waals surface area contributed by atoms with E-state index in [9.17, 15) is 5.11 Å². The van der Waals surface area contributed by atoms with E-state index in [0.717, 1.165) is 12.3 Å². The van der Waals surface area contributed by atoms with Crippen molar-refractivity contribution in [3.05, 3.63) is 11.6 Å². The number of hydrogen-bond acceptors (Lipinski definition) is 1. The first kappa shape index (κ1) is 13.8. The maximum Gasteiger partial charge on any atom is 0.0723 e. The van der Waals surface area contributed by atoms with Gasteiger partial charge in [0.2, 0.25) is 0 Å². The van der Waals surface area contributed by atoms with Gasteiger partial charge in [0.15, 0.2) is 0 Å². The summed E-state index contributed by atoms with van der Waals surface area (Å²) in [6.07, 6.45) is 13.2. The van der Waals surface area contributed by atoms with E-state index in [-0.39, 0.29) is 6.10 Å². The molecule has 1 aliphatic rings. The van der Waals surface area contributed by atoms with Crippen LogP contribution in [0.3, 0.4) is 0 Å². The van der Waals surface area contributed by atoms with Crippen LogP contribution in [0.1, 0.15) is 71.6 Å². The van der Waals surface area contributed by atoms with Crippen LogP contribution in [0.15, 0.2) is 11.6 Å². The highest BCUT2D eigenvalue weighted by atomic mass is 16.3. The molecule has 1 heteroatoms. The Labute approximate surface area is 101 Å². The Morgan fingerprint density at radius 3 is 2.88 bits per heavy atom. The lowest BCUT2D eigenvalue weighted by Gasteiger charge is -2.16. The van der Waals surface area contributed by atoms with Gasteiger partial charge in [-0.15, -0.1) is 0 Å².